The van der Waals surface area contributed by atoms with E-state index in [-0.39, 0.29) is 5.75 Å². The first-order valence-electron chi connectivity index (χ1n) is 9.36. The molecule has 0 spiro atoms. The standard InChI is InChI=1S/C20H23N7O2/c1-26-12-13(19(21)29)10-17(26)15-4-5-23-20(24-15)25-16-11-14(2-3-18(16)28)27-8-6-22-7-9-27/h2-5,10-12,22,28H,6-9H2,1H3,(H2,21,29)(H,23,24,25). The van der Waals surface area contributed by atoms with Crippen LogP contribution in [0.25, 0.3) is 11.4 Å². The van der Waals surface area contributed by atoms with Gasteiger partial charge in [0.25, 0.3) is 0 Å². The quantitative estimate of drug-likeness (QED) is 0.484. The molecule has 0 aliphatic carbocycles. The minimum Gasteiger partial charge on any atom is -0.506 e. The zero-order valence-electron chi connectivity index (χ0n) is 16.1. The number of phenolic OH excluding ortho intramolecular Hbond substituents is 1. The predicted molar refractivity (Wildman–Crippen MR) is 111 cm³/mol. The summed E-state index contributed by atoms with van der Waals surface area (Å²) in [5.74, 6) is -0.0289. The fraction of sp³-hybridized carbons (Fsp3) is 0.250. The molecule has 2 aromatic heterocycles. The molecule has 3 heterocycles. The van der Waals surface area contributed by atoms with Crippen molar-refractivity contribution >= 4 is 23.2 Å². The number of hydrogen-bond acceptors (Lipinski definition) is 7. The number of aromatic hydroxyl groups is 1. The Balaban J connectivity index is 1.60. The summed E-state index contributed by atoms with van der Waals surface area (Å²) in [6.07, 6.45) is 3.29. The lowest BCUT2D eigenvalue weighted by Gasteiger charge is -2.29. The van der Waals surface area contributed by atoms with Crippen LogP contribution < -0.4 is 21.3 Å². The fourth-order valence-electron chi connectivity index (χ4n) is 3.38. The van der Waals surface area contributed by atoms with Crippen molar-refractivity contribution in [1.29, 1.82) is 0 Å². The van der Waals surface area contributed by atoms with Gasteiger partial charge in [-0.25, -0.2) is 9.97 Å². The summed E-state index contributed by atoms with van der Waals surface area (Å²) in [5, 5.41) is 16.7. The number of aromatic nitrogens is 3. The summed E-state index contributed by atoms with van der Waals surface area (Å²) in [6, 6.07) is 8.90. The molecule has 0 saturated carbocycles. The van der Waals surface area contributed by atoms with Gasteiger partial charge in [0.2, 0.25) is 11.9 Å². The highest BCUT2D eigenvalue weighted by Gasteiger charge is 2.14. The van der Waals surface area contributed by atoms with Crippen LogP contribution in [0.3, 0.4) is 0 Å². The maximum Gasteiger partial charge on any atom is 0.250 e. The molecule has 1 aromatic carbocycles. The van der Waals surface area contributed by atoms with Crippen molar-refractivity contribution < 1.29 is 9.90 Å². The van der Waals surface area contributed by atoms with Crippen LogP contribution in [0.2, 0.25) is 0 Å². The van der Waals surface area contributed by atoms with Crippen molar-refractivity contribution in [2.24, 2.45) is 12.8 Å². The lowest BCUT2D eigenvalue weighted by molar-refractivity contribution is 0.100. The number of hydrogen-bond donors (Lipinski definition) is 4. The van der Waals surface area contributed by atoms with Crippen molar-refractivity contribution in [2.45, 2.75) is 0 Å². The second-order valence-electron chi connectivity index (χ2n) is 6.92. The Labute approximate surface area is 168 Å². The average molecular weight is 393 g/mol. The summed E-state index contributed by atoms with van der Waals surface area (Å²) in [6.45, 7) is 3.68. The molecule has 29 heavy (non-hydrogen) atoms. The first-order valence-corrected chi connectivity index (χ1v) is 9.36. The molecule has 1 amide bonds. The Morgan fingerprint density at radius 1 is 1.24 bits per heavy atom. The Morgan fingerprint density at radius 3 is 2.76 bits per heavy atom. The number of primary amides is 1. The van der Waals surface area contributed by atoms with Crippen LogP contribution in [0.15, 0.2) is 42.7 Å². The van der Waals surface area contributed by atoms with E-state index in [1.807, 2.05) is 19.2 Å². The van der Waals surface area contributed by atoms with Crippen molar-refractivity contribution in [1.82, 2.24) is 19.9 Å². The zero-order chi connectivity index (χ0) is 20.4. The smallest absolute Gasteiger partial charge is 0.250 e. The molecular formula is C20H23N7O2. The number of carbonyl (C=O) groups is 1. The maximum absolute atomic E-state index is 11.4. The number of amides is 1. The van der Waals surface area contributed by atoms with E-state index in [0.29, 0.717) is 22.9 Å². The number of phenols is 1. The molecule has 5 N–H and O–H groups in total. The highest BCUT2D eigenvalue weighted by atomic mass is 16.3. The summed E-state index contributed by atoms with van der Waals surface area (Å²) in [4.78, 5) is 22.5. The first kappa shape index (κ1) is 18.8. The predicted octanol–water partition coefficient (Wildman–Crippen LogP) is 1.44. The number of benzene rings is 1. The van der Waals surface area contributed by atoms with Crippen LogP contribution in [0.1, 0.15) is 10.4 Å². The van der Waals surface area contributed by atoms with Gasteiger partial charge in [-0.2, -0.15) is 0 Å². The number of anilines is 3. The minimum absolute atomic E-state index is 0.118. The normalized spacial score (nSPS) is 14.0. The summed E-state index contributed by atoms with van der Waals surface area (Å²) < 4.78 is 1.79. The Bertz CT molecular complexity index is 1040. The SMILES string of the molecule is Cn1cc(C(N)=O)cc1-c1ccnc(Nc2cc(N3CCNCC3)ccc2O)n1. The molecule has 4 rings (SSSR count). The molecule has 1 aliphatic heterocycles. The molecule has 3 aromatic rings. The van der Waals surface area contributed by atoms with Crippen LogP contribution >= 0.6 is 0 Å². The highest BCUT2D eigenvalue weighted by molar-refractivity contribution is 5.94. The van der Waals surface area contributed by atoms with Gasteiger partial charge in [0.05, 0.1) is 22.6 Å². The van der Waals surface area contributed by atoms with E-state index < -0.39 is 5.91 Å². The van der Waals surface area contributed by atoms with Crippen molar-refractivity contribution in [3.63, 3.8) is 0 Å². The lowest BCUT2D eigenvalue weighted by atomic mass is 10.2. The van der Waals surface area contributed by atoms with Gasteiger partial charge in [-0.3, -0.25) is 4.79 Å². The fourth-order valence-corrected chi connectivity index (χ4v) is 3.38. The molecule has 0 radical (unpaired) electrons. The van der Waals surface area contributed by atoms with Gasteiger partial charge in [-0.15, -0.1) is 0 Å². The van der Waals surface area contributed by atoms with Gasteiger partial charge in [0.1, 0.15) is 5.75 Å². The van der Waals surface area contributed by atoms with Crippen molar-refractivity contribution in [3.8, 4) is 17.1 Å². The first-order chi connectivity index (χ1) is 14.0. The van der Waals surface area contributed by atoms with E-state index in [1.165, 1.54) is 0 Å². The van der Waals surface area contributed by atoms with E-state index in [4.69, 9.17) is 5.73 Å². The van der Waals surface area contributed by atoms with Gasteiger partial charge in [-0.1, -0.05) is 0 Å². The molecular weight excluding hydrogens is 370 g/mol. The number of nitrogens with zero attached hydrogens (tertiary/aromatic N) is 4. The van der Waals surface area contributed by atoms with E-state index in [2.05, 4.69) is 25.5 Å². The molecule has 0 atom stereocenters. The number of rotatable bonds is 5. The molecule has 1 fully saturated rings. The molecule has 1 aliphatic rings. The van der Waals surface area contributed by atoms with E-state index in [0.717, 1.165) is 37.6 Å². The number of piperazine rings is 1. The molecule has 0 bridgehead atoms. The second-order valence-corrected chi connectivity index (χ2v) is 6.92. The minimum atomic E-state index is -0.492. The number of nitrogens with two attached hydrogens (primary N) is 1. The van der Waals surface area contributed by atoms with Crippen LogP contribution in [0, 0.1) is 0 Å². The molecule has 150 valence electrons. The van der Waals surface area contributed by atoms with Gasteiger partial charge in [-0.05, 0) is 30.3 Å². The third kappa shape index (κ3) is 3.99. The molecule has 9 heteroatoms. The van der Waals surface area contributed by atoms with Crippen LogP contribution in [0.5, 0.6) is 5.75 Å². The number of carbonyl (C=O) groups excluding carboxylic acids is 1. The van der Waals surface area contributed by atoms with Gasteiger partial charge in [0, 0.05) is 51.3 Å². The topological polar surface area (TPSA) is 121 Å². The average Bonchev–Trinajstić information content (AvgIpc) is 3.13. The molecule has 9 nitrogen and oxygen atoms in total. The van der Waals surface area contributed by atoms with Crippen LogP contribution in [-0.4, -0.2) is 51.7 Å². The maximum atomic E-state index is 11.4. The summed E-state index contributed by atoms with van der Waals surface area (Å²) >= 11 is 0. The van der Waals surface area contributed by atoms with Gasteiger partial charge < -0.3 is 30.9 Å². The van der Waals surface area contributed by atoms with E-state index in [1.54, 1.807) is 35.2 Å². The third-order valence-corrected chi connectivity index (χ3v) is 4.92. The molecule has 0 unspecified atom stereocenters. The molecule has 1 saturated heterocycles. The Hall–Kier alpha value is -3.59. The monoisotopic (exact) mass is 393 g/mol. The second kappa shape index (κ2) is 7.80. The van der Waals surface area contributed by atoms with E-state index in [9.17, 15) is 9.90 Å². The third-order valence-electron chi connectivity index (χ3n) is 4.92. The Morgan fingerprint density at radius 2 is 2.03 bits per heavy atom. The zero-order valence-corrected chi connectivity index (χ0v) is 16.1. The summed E-state index contributed by atoms with van der Waals surface area (Å²) in [7, 11) is 1.82. The summed E-state index contributed by atoms with van der Waals surface area (Å²) in [5.41, 5.74) is 8.71. The Kier molecular flexibility index (Phi) is 5.05. The van der Waals surface area contributed by atoms with Crippen LogP contribution in [-0.2, 0) is 7.05 Å². The number of nitrogens with one attached hydrogen (secondary N) is 2. The van der Waals surface area contributed by atoms with E-state index >= 15 is 0 Å². The number of aryl methyl sites for hydroxylation is 1. The van der Waals surface area contributed by atoms with Gasteiger partial charge >= 0.3 is 0 Å². The van der Waals surface area contributed by atoms with Crippen LogP contribution in [0.4, 0.5) is 17.3 Å². The van der Waals surface area contributed by atoms with Gasteiger partial charge in [0.15, 0.2) is 0 Å². The largest absolute Gasteiger partial charge is 0.506 e. The highest BCUT2D eigenvalue weighted by Crippen LogP contribution is 2.31. The lowest BCUT2D eigenvalue weighted by Crippen LogP contribution is -2.43. The van der Waals surface area contributed by atoms with Crippen molar-refractivity contribution in [2.75, 3.05) is 36.4 Å². The van der Waals surface area contributed by atoms with Crippen molar-refractivity contribution in [3.05, 3.63) is 48.3 Å².